The van der Waals surface area contributed by atoms with Gasteiger partial charge in [-0.15, -0.1) is 0 Å². The molecule has 2 fully saturated rings. The van der Waals surface area contributed by atoms with Crippen molar-refractivity contribution >= 4 is 17.6 Å². The van der Waals surface area contributed by atoms with E-state index in [1.807, 2.05) is 14.0 Å². The van der Waals surface area contributed by atoms with E-state index >= 15 is 0 Å². The largest absolute Gasteiger partial charge is 0.466 e. The average Bonchev–Trinajstić information content (AvgIpc) is 2.80. The smallest absolute Gasteiger partial charge is 0.310 e. The number of hydrogen-bond acceptors (Lipinski definition) is 5. The Kier molecular flexibility index (Phi) is 8.81. The minimum absolute atomic E-state index is 0.0434. The van der Waals surface area contributed by atoms with Gasteiger partial charge in [-0.1, -0.05) is 18.2 Å². The predicted octanol–water partition coefficient (Wildman–Crippen LogP) is 2.05. The Hall–Kier alpha value is -2.28. The molecule has 0 amide bonds. The van der Waals surface area contributed by atoms with Crippen LogP contribution in [0.1, 0.15) is 26.2 Å². The Labute approximate surface area is 181 Å². The number of aliphatic imine (C=N–C) groups is 1. The Morgan fingerprint density at radius 2 is 1.93 bits per heavy atom. The van der Waals surface area contributed by atoms with Crippen LogP contribution in [0.15, 0.2) is 35.3 Å². The number of ether oxygens (including phenoxy) is 1. The van der Waals surface area contributed by atoms with E-state index in [4.69, 9.17) is 4.74 Å². The molecule has 2 aliphatic heterocycles. The Bertz CT molecular complexity index is 673. The van der Waals surface area contributed by atoms with Gasteiger partial charge in [0.05, 0.1) is 12.5 Å². The van der Waals surface area contributed by atoms with Crippen LogP contribution in [-0.4, -0.2) is 87.7 Å². The summed E-state index contributed by atoms with van der Waals surface area (Å²) in [6, 6.07) is 10.7. The maximum absolute atomic E-state index is 12.1. The molecule has 0 aliphatic carbocycles. The van der Waals surface area contributed by atoms with Crippen molar-refractivity contribution in [2.45, 2.75) is 26.2 Å². The lowest BCUT2D eigenvalue weighted by Gasteiger charge is -2.36. The normalized spacial score (nSPS) is 20.9. The lowest BCUT2D eigenvalue weighted by Crippen LogP contribution is -2.49. The van der Waals surface area contributed by atoms with Crippen LogP contribution < -0.4 is 10.2 Å². The molecule has 7 nitrogen and oxygen atoms in total. The van der Waals surface area contributed by atoms with Gasteiger partial charge in [0.25, 0.3) is 0 Å². The fraction of sp³-hybridized carbons (Fsp3) is 0.652. The van der Waals surface area contributed by atoms with Crippen LogP contribution >= 0.6 is 0 Å². The summed E-state index contributed by atoms with van der Waals surface area (Å²) >= 11 is 0. The van der Waals surface area contributed by atoms with Gasteiger partial charge in [-0.05, 0) is 44.9 Å². The summed E-state index contributed by atoms with van der Waals surface area (Å²) in [6.07, 6.45) is 2.98. The maximum Gasteiger partial charge on any atom is 0.310 e. The monoisotopic (exact) mass is 415 g/mol. The van der Waals surface area contributed by atoms with E-state index in [2.05, 4.69) is 55.3 Å². The van der Waals surface area contributed by atoms with Crippen LogP contribution in [-0.2, 0) is 9.53 Å². The molecular weight excluding hydrogens is 378 g/mol. The number of para-hydroxylation sites is 1. The minimum atomic E-state index is -0.0766. The summed E-state index contributed by atoms with van der Waals surface area (Å²) < 4.78 is 5.21. The number of anilines is 1. The molecule has 0 saturated carbocycles. The standard InChI is InChI=1S/C23H37N5O2/c1-3-30-22(29)20-9-7-14-28(19-20)23(24-2)25-12-8-13-26-15-17-27(18-16-26)21-10-5-4-6-11-21/h4-6,10-11,20H,3,7-9,12-19H2,1-2H3,(H,24,25). The van der Waals surface area contributed by atoms with Gasteiger partial charge < -0.3 is 19.9 Å². The molecule has 2 aliphatic rings. The third-order valence-corrected chi connectivity index (χ3v) is 5.98. The molecule has 1 aromatic rings. The van der Waals surface area contributed by atoms with Crippen molar-refractivity contribution in [2.75, 3.05) is 70.9 Å². The molecule has 2 heterocycles. The molecule has 30 heavy (non-hydrogen) atoms. The molecular formula is C23H37N5O2. The van der Waals surface area contributed by atoms with Gasteiger partial charge in [-0.3, -0.25) is 14.7 Å². The first-order valence-electron chi connectivity index (χ1n) is 11.4. The van der Waals surface area contributed by atoms with Crippen molar-refractivity contribution in [2.24, 2.45) is 10.9 Å². The first kappa shape index (κ1) is 22.4. The van der Waals surface area contributed by atoms with Crippen molar-refractivity contribution in [1.29, 1.82) is 0 Å². The first-order valence-corrected chi connectivity index (χ1v) is 11.4. The zero-order chi connectivity index (χ0) is 21.2. The third kappa shape index (κ3) is 6.36. The van der Waals surface area contributed by atoms with Crippen molar-refractivity contribution in [3.8, 4) is 0 Å². The van der Waals surface area contributed by atoms with Crippen molar-refractivity contribution in [3.63, 3.8) is 0 Å². The number of benzene rings is 1. The second kappa shape index (κ2) is 11.8. The first-order chi connectivity index (χ1) is 14.7. The average molecular weight is 416 g/mol. The van der Waals surface area contributed by atoms with Crippen molar-refractivity contribution in [3.05, 3.63) is 30.3 Å². The highest BCUT2D eigenvalue weighted by molar-refractivity contribution is 5.81. The highest BCUT2D eigenvalue weighted by Crippen LogP contribution is 2.18. The highest BCUT2D eigenvalue weighted by atomic mass is 16.5. The molecule has 1 unspecified atom stereocenters. The number of piperidine rings is 1. The van der Waals surface area contributed by atoms with Crippen LogP contribution in [0.2, 0.25) is 0 Å². The van der Waals surface area contributed by atoms with Gasteiger partial charge in [0.1, 0.15) is 0 Å². The molecule has 1 N–H and O–H groups in total. The van der Waals surface area contributed by atoms with Gasteiger partial charge in [0.15, 0.2) is 5.96 Å². The van der Waals surface area contributed by atoms with E-state index in [1.165, 1.54) is 5.69 Å². The highest BCUT2D eigenvalue weighted by Gasteiger charge is 2.28. The fourth-order valence-electron chi connectivity index (χ4n) is 4.33. The molecule has 0 bridgehead atoms. The summed E-state index contributed by atoms with van der Waals surface area (Å²) in [7, 11) is 1.82. The van der Waals surface area contributed by atoms with Crippen molar-refractivity contribution < 1.29 is 9.53 Å². The number of hydrogen-bond donors (Lipinski definition) is 1. The topological polar surface area (TPSA) is 60.4 Å². The van der Waals surface area contributed by atoms with E-state index in [1.54, 1.807) is 0 Å². The summed E-state index contributed by atoms with van der Waals surface area (Å²) in [5.74, 6) is 0.781. The SMILES string of the molecule is CCOC(=O)C1CCCN(C(=NC)NCCCN2CCN(c3ccccc3)CC2)C1. The zero-order valence-corrected chi connectivity index (χ0v) is 18.6. The number of piperazine rings is 1. The summed E-state index contributed by atoms with van der Waals surface area (Å²) in [5, 5.41) is 3.49. The van der Waals surface area contributed by atoms with E-state index in [-0.39, 0.29) is 11.9 Å². The molecule has 166 valence electrons. The van der Waals surface area contributed by atoms with Crippen LogP contribution in [0.4, 0.5) is 5.69 Å². The lowest BCUT2D eigenvalue weighted by molar-refractivity contribution is -0.149. The number of carbonyl (C=O) groups is 1. The summed E-state index contributed by atoms with van der Waals surface area (Å²) in [6.45, 7) is 10.3. The number of nitrogens with one attached hydrogen (secondary N) is 1. The number of carbonyl (C=O) groups excluding carboxylic acids is 1. The van der Waals surface area contributed by atoms with Gasteiger partial charge in [0.2, 0.25) is 0 Å². The zero-order valence-electron chi connectivity index (χ0n) is 18.6. The predicted molar refractivity (Wildman–Crippen MR) is 122 cm³/mol. The number of likely N-dealkylation sites (tertiary alicyclic amines) is 1. The summed E-state index contributed by atoms with van der Waals surface area (Å²) in [4.78, 5) is 23.7. The van der Waals surface area contributed by atoms with E-state index in [0.717, 1.165) is 71.0 Å². The van der Waals surface area contributed by atoms with Crippen LogP contribution in [0.25, 0.3) is 0 Å². The quantitative estimate of drug-likeness (QED) is 0.318. The van der Waals surface area contributed by atoms with Gasteiger partial charge in [-0.25, -0.2) is 0 Å². The molecule has 0 spiro atoms. The van der Waals surface area contributed by atoms with Crippen LogP contribution in [0, 0.1) is 5.92 Å². The van der Waals surface area contributed by atoms with Gasteiger partial charge >= 0.3 is 5.97 Å². The van der Waals surface area contributed by atoms with Gasteiger partial charge in [-0.2, -0.15) is 0 Å². The molecule has 2 saturated heterocycles. The van der Waals surface area contributed by atoms with Crippen LogP contribution in [0.3, 0.4) is 0 Å². The fourth-order valence-corrected chi connectivity index (χ4v) is 4.33. The molecule has 1 atom stereocenters. The Morgan fingerprint density at radius 3 is 2.63 bits per heavy atom. The number of guanidine groups is 1. The number of esters is 1. The number of rotatable bonds is 7. The Balaban J connectivity index is 1.35. The maximum atomic E-state index is 12.1. The van der Waals surface area contributed by atoms with Gasteiger partial charge in [0, 0.05) is 58.5 Å². The molecule has 1 aromatic carbocycles. The van der Waals surface area contributed by atoms with E-state index in [9.17, 15) is 4.79 Å². The molecule has 3 rings (SSSR count). The second-order valence-electron chi connectivity index (χ2n) is 8.03. The van der Waals surface area contributed by atoms with Crippen LogP contribution in [0.5, 0.6) is 0 Å². The minimum Gasteiger partial charge on any atom is -0.466 e. The number of nitrogens with zero attached hydrogens (tertiary/aromatic N) is 4. The lowest BCUT2D eigenvalue weighted by atomic mass is 9.98. The summed E-state index contributed by atoms with van der Waals surface area (Å²) in [5.41, 5.74) is 1.32. The van der Waals surface area contributed by atoms with Crippen molar-refractivity contribution in [1.82, 2.24) is 15.1 Å². The molecule has 0 aromatic heterocycles. The second-order valence-corrected chi connectivity index (χ2v) is 8.03. The Morgan fingerprint density at radius 1 is 1.17 bits per heavy atom. The molecule has 7 heteroatoms. The molecule has 0 radical (unpaired) electrons. The van der Waals surface area contributed by atoms with E-state index < -0.39 is 0 Å². The van der Waals surface area contributed by atoms with E-state index in [0.29, 0.717) is 13.2 Å². The third-order valence-electron chi connectivity index (χ3n) is 5.98.